The third-order valence-corrected chi connectivity index (χ3v) is 2.45. The molecule has 114 valence electrons. The van der Waals surface area contributed by atoms with Crippen LogP contribution in [-0.2, 0) is 16.0 Å². The largest absolute Gasteiger partial charge is 0.368 e. The van der Waals surface area contributed by atoms with Crippen molar-refractivity contribution < 1.29 is 9.47 Å². The summed E-state index contributed by atoms with van der Waals surface area (Å²) in [4.78, 5) is 11.7. The molecule has 0 amide bonds. The standard InChI is InChI=1S/C11H18N8O2/c1-3-20-9(21-4-2)7-5-19(18-17-7)6-8-14-10(12)16-11(13)15-8/h5,9H,3-4,6H2,1-2H3,(H4,12,13,14,15,16). The van der Waals surface area contributed by atoms with Gasteiger partial charge < -0.3 is 20.9 Å². The van der Waals surface area contributed by atoms with Gasteiger partial charge in [0.25, 0.3) is 0 Å². The molecule has 0 saturated carbocycles. The number of ether oxygens (including phenoxy) is 2. The fourth-order valence-corrected chi connectivity index (χ4v) is 1.69. The Balaban J connectivity index is 2.11. The van der Waals surface area contributed by atoms with Gasteiger partial charge in [0.05, 0.1) is 6.20 Å². The average Bonchev–Trinajstić information content (AvgIpc) is 2.85. The van der Waals surface area contributed by atoms with E-state index in [1.54, 1.807) is 10.9 Å². The molecule has 0 aromatic carbocycles. The zero-order chi connectivity index (χ0) is 15.2. The number of anilines is 2. The molecule has 10 nitrogen and oxygen atoms in total. The lowest BCUT2D eigenvalue weighted by Crippen LogP contribution is -2.11. The number of nitrogens with two attached hydrogens (primary N) is 2. The first-order valence-corrected chi connectivity index (χ1v) is 6.51. The molecular formula is C11H18N8O2. The first-order valence-electron chi connectivity index (χ1n) is 6.51. The quantitative estimate of drug-likeness (QED) is 0.661. The average molecular weight is 294 g/mol. The summed E-state index contributed by atoms with van der Waals surface area (Å²) in [6.45, 7) is 5.06. The van der Waals surface area contributed by atoms with Gasteiger partial charge in [-0.2, -0.15) is 15.0 Å². The van der Waals surface area contributed by atoms with Crippen LogP contribution in [0.15, 0.2) is 6.20 Å². The Hall–Kier alpha value is -2.33. The van der Waals surface area contributed by atoms with Crippen LogP contribution in [-0.4, -0.2) is 43.2 Å². The van der Waals surface area contributed by atoms with Crippen molar-refractivity contribution in [3.63, 3.8) is 0 Å². The van der Waals surface area contributed by atoms with E-state index >= 15 is 0 Å². The Labute approximate surface area is 121 Å². The van der Waals surface area contributed by atoms with E-state index in [9.17, 15) is 0 Å². The summed E-state index contributed by atoms with van der Waals surface area (Å²) in [6.07, 6.45) is 1.16. The van der Waals surface area contributed by atoms with E-state index in [-0.39, 0.29) is 18.4 Å². The summed E-state index contributed by atoms with van der Waals surface area (Å²) >= 11 is 0. The lowest BCUT2D eigenvalue weighted by molar-refractivity contribution is -0.142. The second-order valence-electron chi connectivity index (χ2n) is 4.05. The molecule has 0 saturated heterocycles. The molecule has 2 heterocycles. The molecule has 2 rings (SSSR count). The molecule has 0 atom stereocenters. The molecule has 0 unspecified atom stereocenters. The van der Waals surface area contributed by atoms with Crippen molar-refractivity contribution in [2.75, 3.05) is 24.7 Å². The second kappa shape index (κ2) is 6.90. The monoisotopic (exact) mass is 294 g/mol. The Morgan fingerprint density at radius 2 is 1.71 bits per heavy atom. The van der Waals surface area contributed by atoms with Crippen molar-refractivity contribution in [2.45, 2.75) is 26.7 Å². The van der Waals surface area contributed by atoms with E-state index in [0.29, 0.717) is 24.7 Å². The van der Waals surface area contributed by atoms with E-state index in [0.717, 1.165) is 0 Å². The Bertz CT molecular complexity index is 561. The predicted molar refractivity (Wildman–Crippen MR) is 73.8 cm³/mol. The van der Waals surface area contributed by atoms with E-state index in [1.807, 2.05) is 13.8 Å². The number of hydrogen-bond donors (Lipinski definition) is 2. The number of nitrogens with zero attached hydrogens (tertiary/aromatic N) is 6. The van der Waals surface area contributed by atoms with Gasteiger partial charge in [0.2, 0.25) is 18.2 Å². The lowest BCUT2D eigenvalue weighted by Gasteiger charge is -2.13. The molecule has 0 radical (unpaired) electrons. The minimum Gasteiger partial charge on any atom is -0.368 e. The number of rotatable bonds is 7. The van der Waals surface area contributed by atoms with Crippen molar-refractivity contribution >= 4 is 11.9 Å². The van der Waals surface area contributed by atoms with Gasteiger partial charge in [-0.25, -0.2) is 4.68 Å². The normalized spacial score (nSPS) is 11.2. The molecule has 0 fully saturated rings. The van der Waals surface area contributed by atoms with Crippen LogP contribution in [0.3, 0.4) is 0 Å². The van der Waals surface area contributed by atoms with Crippen LogP contribution in [0.5, 0.6) is 0 Å². The first-order chi connectivity index (χ1) is 10.1. The fourth-order valence-electron chi connectivity index (χ4n) is 1.69. The van der Waals surface area contributed by atoms with Gasteiger partial charge in [-0.05, 0) is 13.8 Å². The summed E-state index contributed by atoms with van der Waals surface area (Å²) in [5.41, 5.74) is 11.6. The summed E-state index contributed by atoms with van der Waals surface area (Å²) in [5, 5.41) is 8.00. The molecule has 10 heteroatoms. The lowest BCUT2D eigenvalue weighted by atomic mass is 10.4. The highest BCUT2D eigenvalue weighted by Gasteiger charge is 2.16. The fraction of sp³-hybridized carbons (Fsp3) is 0.545. The highest BCUT2D eigenvalue weighted by atomic mass is 16.7. The van der Waals surface area contributed by atoms with Gasteiger partial charge in [0, 0.05) is 13.2 Å². The van der Waals surface area contributed by atoms with Crippen LogP contribution in [0.2, 0.25) is 0 Å². The van der Waals surface area contributed by atoms with Gasteiger partial charge in [-0.15, -0.1) is 5.10 Å². The van der Waals surface area contributed by atoms with E-state index in [1.165, 1.54) is 0 Å². The summed E-state index contributed by atoms with van der Waals surface area (Å²) in [6, 6.07) is 0. The molecular weight excluding hydrogens is 276 g/mol. The third-order valence-electron chi connectivity index (χ3n) is 2.45. The topological polar surface area (TPSA) is 140 Å². The van der Waals surface area contributed by atoms with Gasteiger partial charge in [-0.3, -0.25) is 0 Å². The zero-order valence-electron chi connectivity index (χ0n) is 11.9. The smallest absolute Gasteiger partial charge is 0.225 e. The van der Waals surface area contributed by atoms with Gasteiger partial charge in [-0.1, -0.05) is 5.21 Å². The molecule has 2 aromatic rings. The minimum atomic E-state index is -0.540. The van der Waals surface area contributed by atoms with E-state index < -0.39 is 6.29 Å². The van der Waals surface area contributed by atoms with Gasteiger partial charge in [0.1, 0.15) is 12.2 Å². The van der Waals surface area contributed by atoms with Gasteiger partial charge >= 0.3 is 0 Å². The maximum absolute atomic E-state index is 5.52. The molecule has 0 aliphatic heterocycles. The summed E-state index contributed by atoms with van der Waals surface area (Å²) in [7, 11) is 0. The van der Waals surface area contributed by atoms with Crippen molar-refractivity contribution in [3.05, 3.63) is 17.7 Å². The second-order valence-corrected chi connectivity index (χ2v) is 4.05. The predicted octanol–water partition coefficient (Wildman–Crippen LogP) is -0.253. The van der Waals surface area contributed by atoms with Crippen LogP contribution >= 0.6 is 0 Å². The molecule has 0 bridgehead atoms. The van der Waals surface area contributed by atoms with Crippen molar-refractivity contribution in [1.29, 1.82) is 0 Å². The highest BCUT2D eigenvalue weighted by molar-refractivity contribution is 5.25. The SMILES string of the molecule is CCOC(OCC)c1cn(Cc2nc(N)nc(N)n2)nn1. The van der Waals surface area contributed by atoms with E-state index in [2.05, 4.69) is 25.3 Å². The Kier molecular flexibility index (Phi) is 4.95. The molecule has 2 aromatic heterocycles. The van der Waals surface area contributed by atoms with Crippen LogP contribution in [0.1, 0.15) is 31.7 Å². The number of hydrogen-bond acceptors (Lipinski definition) is 9. The minimum absolute atomic E-state index is 0.0688. The molecule has 21 heavy (non-hydrogen) atoms. The number of aromatic nitrogens is 6. The van der Waals surface area contributed by atoms with Gasteiger partial charge in [0.15, 0.2) is 5.82 Å². The zero-order valence-corrected chi connectivity index (χ0v) is 11.9. The Morgan fingerprint density at radius 3 is 2.29 bits per heavy atom. The first kappa shape index (κ1) is 15.1. The van der Waals surface area contributed by atoms with Crippen molar-refractivity contribution in [1.82, 2.24) is 29.9 Å². The van der Waals surface area contributed by atoms with Crippen LogP contribution < -0.4 is 11.5 Å². The maximum atomic E-state index is 5.52. The molecule has 0 spiro atoms. The Morgan fingerprint density at radius 1 is 1.10 bits per heavy atom. The molecule has 0 aliphatic carbocycles. The van der Waals surface area contributed by atoms with E-state index in [4.69, 9.17) is 20.9 Å². The number of nitrogen functional groups attached to an aromatic ring is 2. The maximum Gasteiger partial charge on any atom is 0.225 e. The summed E-state index contributed by atoms with van der Waals surface area (Å²) in [5.74, 6) is 0.541. The molecule has 4 N–H and O–H groups in total. The highest BCUT2D eigenvalue weighted by Crippen LogP contribution is 2.16. The van der Waals surface area contributed by atoms with Crippen molar-refractivity contribution in [2.24, 2.45) is 0 Å². The van der Waals surface area contributed by atoms with Crippen LogP contribution in [0, 0.1) is 0 Å². The van der Waals surface area contributed by atoms with Crippen molar-refractivity contribution in [3.8, 4) is 0 Å². The summed E-state index contributed by atoms with van der Waals surface area (Å²) < 4.78 is 12.5. The van der Waals surface area contributed by atoms with Crippen LogP contribution in [0.25, 0.3) is 0 Å². The molecule has 0 aliphatic rings. The third kappa shape index (κ3) is 4.07. The van der Waals surface area contributed by atoms with Crippen LogP contribution in [0.4, 0.5) is 11.9 Å².